The van der Waals surface area contributed by atoms with Crippen molar-refractivity contribution in [2.24, 2.45) is 10.7 Å². The minimum Gasteiger partial charge on any atom is -0.369 e. The Morgan fingerprint density at radius 1 is 1.05 bits per heavy atom. The van der Waals surface area contributed by atoms with Crippen LogP contribution in [0.15, 0.2) is 53.5 Å². The van der Waals surface area contributed by atoms with E-state index >= 15 is 0 Å². The van der Waals surface area contributed by atoms with Crippen LogP contribution in [-0.2, 0) is 12.8 Å². The van der Waals surface area contributed by atoms with E-state index in [1.54, 1.807) is 6.07 Å². The highest BCUT2D eigenvalue weighted by molar-refractivity contribution is 5.98. The second kappa shape index (κ2) is 4.32. The number of halogens is 1. The van der Waals surface area contributed by atoms with Gasteiger partial charge in [0.25, 0.3) is 0 Å². The molecule has 0 amide bonds. The number of benzene rings is 2. The molecule has 2 N–H and O–H groups in total. The fourth-order valence-electron chi connectivity index (χ4n) is 3.58. The lowest BCUT2D eigenvalue weighted by Crippen LogP contribution is -2.52. The van der Waals surface area contributed by atoms with Crippen LogP contribution in [-0.4, -0.2) is 18.0 Å². The molecule has 106 valence electrons. The lowest BCUT2D eigenvalue weighted by molar-refractivity contribution is 0.482. The van der Waals surface area contributed by atoms with E-state index in [1.807, 2.05) is 11.0 Å². The molecule has 21 heavy (non-hydrogen) atoms. The summed E-state index contributed by atoms with van der Waals surface area (Å²) in [5.74, 6) is 0.228. The summed E-state index contributed by atoms with van der Waals surface area (Å²) < 4.78 is 13.6. The number of guanidine groups is 1. The van der Waals surface area contributed by atoms with E-state index in [0.29, 0.717) is 12.5 Å². The van der Waals surface area contributed by atoms with E-state index in [1.165, 1.54) is 23.3 Å². The van der Waals surface area contributed by atoms with Crippen LogP contribution in [0, 0.1) is 5.82 Å². The number of anilines is 1. The summed E-state index contributed by atoms with van der Waals surface area (Å²) in [6.45, 7) is 0.657. The largest absolute Gasteiger partial charge is 0.369 e. The molecule has 2 aromatic carbocycles. The molecular weight excluding hydrogens is 265 g/mol. The highest BCUT2D eigenvalue weighted by Gasteiger charge is 2.47. The smallest absolute Gasteiger partial charge is 0.196 e. The number of hydrogen-bond acceptors (Lipinski definition) is 3. The van der Waals surface area contributed by atoms with Crippen molar-refractivity contribution in [3.63, 3.8) is 0 Å². The van der Waals surface area contributed by atoms with Gasteiger partial charge >= 0.3 is 0 Å². The molecule has 4 rings (SSSR count). The summed E-state index contributed by atoms with van der Waals surface area (Å²) in [4.78, 5) is 6.45. The van der Waals surface area contributed by atoms with Gasteiger partial charge in [-0.25, -0.2) is 4.39 Å². The van der Waals surface area contributed by atoms with Crippen molar-refractivity contribution in [2.45, 2.75) is 18.4 Å². The normalized spacial score (nSPS) is 18.9. The van der Waals surface area contributed by atoms with Gasteiger partial charge in [0.15, 0.2) is 5.96 Å². The van der Waals surface area contributed by atoms with Crippen LogP contribution in [0.5, 0.6) is 0 Å². The van der Waals surface area contributed by atoms with Crippen molar-refractivity contribution in [1.29, 1.82) is 0 Å². The molecule has 1 aliphatic carbocycles. The van der Waals surface area contributed by atoms with Crippen molar-refractivity contribution >= 4 is 11.6 Å². The van der Waals surface area contributed by atoms with Gasteiger partial charge < -0.3 is 10.6 Å². The summed E-state index contributed by atoms with van der Waals surface area (Å²) in [6.07, 6.45) is 1.79. The van der Waals surface area contributed by atoms with Crippen molar-refractivity contribution < 1.29 is 4.39 Å². The molecule has 2 aromatic rings. The van der Waals surface area contributed by atoms with E-state index in [4.69, 9.17) is 5.73 Å². The number of nitrogens with zero attached hydrogens (tertiary/aromatic N) is 2. The highest BCUT2D eigenvalue weighted by Crippen LogP contribution is 2.40. The maximum absolute atomic E-state index is 13.6. The van der Waals surface area contributed by atoms with Gasteiger partial charge in [0, 0.05) is 5.69 Å². The topological polar surface area (TPSA) is 41.6 Å². The van der Waals surface area contributed by atoms with Crippen LogP contribution in [0.4, 0.5) is 10.1 Å². The Morgan fingerprint density at radius 2 is 1.76 bits per heavy atom. The Kier molecular flexibility index (Phi) is 2.55. The van der Waals surface area contributed by atoms with E-state index in [9.17, 15) is 4.39 Å². The summed E-state index contributed by atoms with van der Waals surface area (Å²) in [5, 5.41) is 0. The van der Waals surface area contributed by atoms with Crippen LogP contribution in [0.25, 0.3) is 0 Å². The molecule has 0 saturated heterocycles. The Hall–Kier alpha value is -2.36. The zero-order valence-electron chi connectivity index (χ0n) is 11.6. The maximum atomic E-state index is 13.6. The van der Waals surface area contributed by atoms with Crippen molar-refractivity contribution in [1.82, 2.24) is 0 Å². The number of aliphatic imine (C=N–C) groups is 1. The Balaban J connectivity index is 1.77. The van der Waals surface area contributed by atoms with E-state index in [0.717, 1.165) is 18.5 Å². The van der Waals surface area contributed by atoms with Crippen LogP contribution < -0.4 is 10.6 Å². The average molecular weight is 281 g/mol. The summed E-state index contributed by atoms with van der Waals surface area (Å²) in [5.41, 5.74) is 9.38. The third-order valence-corrected chi connectivity index (χ3v) is 4.46. The summed E-state index contributed by atoms with van der Waals surface area (Å²) in [6, 6.07) is 15.0. The van der Waals surface area contributed by atoms with Gasteiger partial charge in [0.2, 0.25) is 0 Å². The minimum atomic E-state index is -0.252. The quantitative estimate of drug-likeness (QED) is 0.872. The van der Waals surface area contributed by atoms with E-state index < -0.39 is 0 Å². The number of rotatable bonds is 1. The predicted octanol–water partition coefficient (Wildman–Crippen LogP) is 2.50. The summed E-state index contributed by atoms with van der Waals surface area (Å²) in [7, 11) is 0. The summed E-state index contributed by atoms with van der Waals surface area (Å²) >= 11 is 0. The van der Waals surface area contributed by atoms with Gasteiger partial charge in [0.1, 0.15) is 5.82 Å². The molecule has 0 unspecified atom stereocenters. The van der Waals surface area contributed by atoms with Crippen molar-refractivity contribution in [3.05, 3.63) is 65.5 Å². The molecular formula is C17H16FN3. The Bertz CT molecular complexity index is 713. The minimum absolute atomic E-state index is 0.179. The first-order chi connectivity index (χ1) is 10.2. The first kappa shape index (κ1) is 12.4. The molecule has 1 heterocycles. The lowest BCUT2D eigenvalue weighted by Gasteiger charge is -2.36. The van der Waals surface area contributed by atoms with Gasteiger partial charge in [-0.1, -0.05) is 30.3 Å². The third-order valence-electron chi connectivity index (χ3n) is 4.46. The fraction of sp³-hybridized carbons (Fsp3) is 0.235. The molecule has 0 aromatic heterocycles. The molecule has 0 radical (unpaired) electrons. The predicted molar refractivity (Wildman–Crippen MR) is 81.9 cm³/mol. The average Bonchev–Trinajstić information content (AvgIpc) is 2.99. The SMILES string of the molecule is NC1=NCC2(Cc3ccccc3C2)N1c1cccc(F)c1. The fourth-order valence-corrected chi connectivity index (χ4v) is 3.58. The zero-order chi connectivity index (χ0) is 14.4. The van der Waals surface area contributed by atoms with Crippen molar-refractivity contribution in [2.75, 3.05) is 11.4 Å². The van der Waals surface area contributed by atoms with Crippen LogP contribution in [0.3, 0.4) is 0 Å². The molecule has 1 aliphatic heterocycles. The standard InChI is InChI=1S/C17H16FN3/c18-14-6-3-7-15(8-14)21-16(19)20-11-17(21)9-12-4-1-2-5-13(12)10-17/h1-8H,9-11H2,(H2,19,20). The van der Waals surface area contributed by atoms with Gasteiger partial charge in [0.05, 0.1) is 12.1 Å². The van der Waals surface area contributed by atoms with E-state index in [2.05, 4.69) is 29.3 Å². The van der Waals surface area contributed by atoms with Crippen LogP contribution in [0.1, 0.15) is 11.1 Å². The molecule has 2 aliphatic rings. The van der Waals surface area contributed by atoms with Crippen LogP contribution >= 0.6 is 0 Å². The number of nitrogens with two attached hydrogens (primary N) is 1. The van der Waals surface area contributed by atoms with Gasteiger partial charge in [-0.3, -0.25) is 4.99 Å². The lowest BCUT2D eigenvalue weighted by atomic mass is 9.94. The zero-order valence-corrected chi connectivity index (χ0v) is 11.6. The molecule has 3 nitrogen and oxygen atoms in total. The molecule has 0 saturated carbocycles. The van der Waals surface area contributed by atoms with Gasteiger partial charge in [-0.2, -0.15) is 0 Å². The molecule has 4 heteroatoms. The first-order valence-corrected chi connectivity index (χ1v) is 7.10. The van der Waals surface area contributed by atoms with Crippen molar-refractivity contribution in [3.8, 4) is 0 Å². The maximum Gasteiger partial charge on any atom is 0.196 e. The second-order valence-corrected chi connectivity index (χ2v) is 5.84. The van der Waals surface area contributed by atoms with E-state index in [-0.39, 0.29) is 11.4 Å². The molecule has 0 fully saturated rings. The monoisotopic (exact) mass is 281 g/mol. The molecule has 1 spiro atoms. The number of hydrogen-bond donors (Lipinski definition) is 1. The van der Waals surface area contributed by atoms with Gasteiger partial charge in [-0.15, -0.1) is 0 Å². The first-order valence-electron chi connectivity index (χ1n) is 7.10. The Morgan fingerprint density at radius 3 is 2.43 bits per heavy atom. The Labute approximate surface area is 122 Å². The van der Waals surface area contributed by atoms with Gasteiger partial charge in [-0.05, 0) is 42.2 Å². The molecule has 0 bridgehead atoms. The number of fused-ring (bicyclic) bond motifs is 1. The third kappa shape index (κ3) is 1.82. The highest BCUT2D eigenvalue weighted by atomic mass is 19.1. The molecule has 0 atom stereocenters. The second-order valence-electron chi connectivity index (χ2n) is 5.84. The van der Waals surface area contributed by atoms with Crippen LogP contribution in [0.2, 0.25) is 0 Å².